The molecule has 0 radical (unpaired) electrons. The average molecular weight is 291 g/mol. The van der Waals surface area contributed by atoms with Crippen molar-refractivity contribution in [3.05, 3.63) is 35.0 Å². The van der Waals surface area contributed by atoms with Gasteiger partial charge in [-0.15, -0.1) is 0 Å². The molecule has 1 aliphatic rings. The molecule has 1 aromatic carbocycles. The third kappa shape index (κ3) is 2.75. The van der Waals surface area contributed by atoms with Crippen molar-refractivity contribution in [1.82, 2.24) is 0 Å². The molecule has 0 aliphatic carbocycles. The molecular weight excluding hydrogens is 278 g/mol. The number of nitrogens with zero attached hydrogens (tertiary/aromatic N) is 4. The van der Waals surface area contributed by atoms with Gasteiger partial charge in [-0.25, -0.2) is 0 Å². The summed E-state index contributed by atoms with van der Waals surface area (Å²) in [4.78, 5) is 13.6. The molecule has 0 spiro atoms. The van der Waals surface area contributed by atoms with Crippen molar-refractivity contribution in [2.75, 3.05) is 16.8 Å². The zero-order valence-corrected chi connectivity index (χ0v) is 12.1. The van der Waals surface area contributed by atoms with Gasteiger partial charge in [0.1, 0.15) is 23.9 Å². The fourth-order valence-corrected chi connectivity index (χ4v) is 2.41. The van der Waals surface area contributed by atoms with Crippen LogP contribution in [0, 0.1) is 34.0 Å². The summed E-state index contributed by atoms with van der Waals surface area (Å²) in [5.41, 5.74) is 2.14. The molecule has 0 unspecified atom stereocenters. The number of fused-ring (bicyclic) bond motifs is 1. The Balaban J connectivity index is 2.36. The largest absolute Gasteiger partial charge is 0.345 e. The summed E-state index contributed by atoms with van der Waals surface area (Å²) in [5.74, 6) is 0.101. The number of nitriles is 3. The quantitative estimate of drug-likeness (QED) is 0.860. The van der Waals surface area contributed by atoms with E-state index >= 15 is 0 Å². The van der Waals surface area contributed by atoms with E-state index in [1.165, 1.54) is 0 Å². The second kappa shape index (κ2) is 6.43. The van der Waals surface area contributed by atoms with Gasteiger partial charge in [0.2, 0.25) is 5.91 Å². The van der Waals surface area contributed by atoms with Gasteiger partial charge in [-0.3, -0.25) is 4.79 Å². The lowest BCUT2D eigenvalue weighted by atomic mass is 10.0. The molecule has 1 aliphatic heterocycles. The topological polar surface area (TPSA) is 104 Å². The highest BCUT2D eigenvalue weighted by Crippen LogP contribution is 2.30. The molecule has 0 fully saturated rings. The molecule has 22 heavy (non-hydrogen) atoms. The van der Waals surface area contributed by atoms with Crippen LogP contribution in [0.15, 0.2) is 29.5 Å². The van der Waals surface area contributed by atoms with Gasteiger partial charge in [-0.2, -0.15) is 15.8 Å². The number of allylic oxidation sites excluding steroid dienone is 2. The Morgan fingerprint density at radius 1 is 1.23 bits per heavy atom. The zero-order valence-electron chi connectivity index (χ0n) is 12.1. The molecule has 1 aromatic rings. The first-order chi connectivity index (χ1) is 10.6. The lowest BCUT2D eigenvalue weighted by Gasteiger charge is -2.28. The van der Waals surface area contributed by atoms with Crippen LogP contribution >= 0.6 is 0 Å². The van der Waals surface area contributed by atoms with E-state index in [1.807, 2.05) is 25.1 Å². The summed E-state index contributed by atoms with van der Waals surface area (Å²) in [6.07, 6.45) is 1.09. The van der Waals surface area contributed by atoms with E-state index in [0.29, 0.717) is 25.1 Å². The summed E-state index contributed by atoms with van der Waals surface area (Å²) in [6.45, 7) is 2.52. The predicted molar refractivity (Wildman–Crippen MR) is 80.3 cm³/mol. The molecule has 6 nitrogen and oxygen atoms in total. The van der Waals surface area contributed by atoms with Crippen LogP contribution in [0.2, 0.25) is 0 Å². The summed E-state index contributed by atoms with van der Waals surface area (Å²) in [5, 5.41) is 29.5. The fraction of sp³-hybridized carbons (Fsp3) is 0.250. The predicted octanol–water partition coefficient (Wildman–Crippen LogP) is 2.22. The maximum Gasteiger partial charge on any atom is 0.227 e. The van der Waals surface area contributed by atoms with Crippen molar-refractivity contribution < 1.29 is 4.79 Å². The molecule has 1 heterocycles. The minimum absolute atomic E-state index is 0.0795. The number of aryl methyl sites for hydroxylation is 1. The van der Waals surface area contributed by atoms with E-state index < -0.39 is 0 Å². The van der Waals surface area contributed by atoms with Crippen molar-refractivity contribution in [3.8, 4) is 18.2 Å². The molecule has 0 atom stereocenters. The number of hydrogen-bond acceptors (Lipinski definition) is 5. The highest BCUT2D eigenvalue weighted by atomic mass is 16.2. The minimum Gasteiger partial charge on any atom is -0.345 e. The molecule has 0 bridgehead atoms. The number of rotatable bonds is 3. The van der Waals surface area contributed by atoms with Crippen molar-refractivity contribution >= 4 is 17.3 Å². The number of carbonyl (C=O) groups excluding carboxylic acids is 1. The second-order valence-corrected chi connectivity index (χ2v) is 4.69. The van der Waals surface area contributed by atoms with Gasteiger partial charge in [-0.05, 0) is 37.1 Å². The van der Waals surface area contributed by atoms with Gasteiger partial charge >= 0.3 is 0 Å². The van der Waals surface area contributed by atoms with Gasteiger partial charge in [0.15, 0.2) is 5.57 Å². The number of nitrogens with one attached hydrogen (secondary N) is 1. The third-order valence-electron chi connectivity index (χ3n) is 3.45. The summed E-state index contributed by atoms with van der Waals surface area (Å²) in [7, 11) is 0. The number of hydrogen-bond donors (Lipinski definition) is 1. The monoisotopic (exact) mass is 291 g/mol. The number of benzene rings is 1. The Morgan fingerprint density at radius 3 is 2.55 bits per heavy atom. The highest BCUT2D eigenvalue weighted by molar-refractivity contribution is 5.96. The standard InChI is InChI=1S/C16H13N5O/c1-2-21-15-5-4-13(7-11(15)3-6-16(21)22)20-14(10-19)12(8-17)9-18/h4-5,7,20H,2-3,6H2,1H3. The number of anilines is 2. The van der Waals surface area contributed by atoms with E-state index in [0.717, 1.165) is 11.3 Å². The molecule has 108 valence electrons. The summed E-state index contributed by atoms with van der Waals surface area (Å²) >= 11 is 0. The molecule has 1 N–H and O–H groups in total. The lowest BCUT2D eigenvalue weighted by Crippen LogP contribution is -2.34. The van der Waals surface area contributed by atoms with Gasteiger partial charge in [0.05, 0.1) is 0 Å². The average Bonchev–Trinajstić information content (AvgIpc) is 2.55. The molecule has 1 amide bonds. The Morgan fingerprint density at radius 2 is 1.95 bits per heavy atom. The first-order valence-corrected chi connectivity index (χ1v) is 6.79. The summed E-state index contributed by atoms with van der Waals surface area (Å²) < 4.78 is 0. The van der Waals surface area contributed by atoms with E-state index in [9.17, 15) is 4.79 Å². The fourth-order valence-electron chi connectivity index (χ4n) is 2.41. The molecule has 0 saturated heterocycles. The van der Waals surface area contributed by atoms with E-state index in [4.69, 9.17) is 15.8 Å². The van der Waals surface area contributed by atoms with Crippen molar-refractivity contribution in [1.29, 1.82) is 15.8 Å². The Labute approximate surface area is 128 Å². The van der Waals surface area contributed by atoms with Crippen LogP contribution in [0.25, 0.3) is 0 Å². The van der Waals surface area contributed by atoms with Crippen LogP contribution in [0.1, 0.15) is 18.9 Å². The van der Waals surface area contributed by atoms with E-state index in [-0.39, 0.29) is 17.2 Å². The summed E-state index contributed by atoms with van der Waals surface area (Å²) in [6, 6.07) is 10.6. The van der Waals surface area contributed by atoms with Crippen LogP contribution in [-0.4, -0.2) is 12.5 Å². The Kier molecular flexibility index (Phi) is 4.41. The third-order valence-corrected chi connectivity index (χ3v) is 3.45. The normalized spacial score (nSPS) is 12.5. The second-order valence-electron chi connectivity index (χ2n) is 4.69. The molecular formula is C16H13N5O. The number of amides is 1. The van der Waals surface area contributed by atoms with Crippen molar-refractivity contribution in [2.24, 2.45) is 0 Å². The Hall–Kier alpha value is -3.30. The van der Waals surface area contributed by atoms with Gasteiger partial charge in [-0.1, -0.05) is 0 Å². The van der Waals surface area contributed by atoms with Crippen LogP contribution in [0.3, 0.4) is 0 Å². The molecule has 0 aromatic heterocycles. The van der Waals surface area contributed by atoms with E-state index in [2.05, 4.69) is 5.32 Å². The smallest absolute Gasteiger partial charge is 0.227 e. The lowest BCUT2D eigenvalue weighted by molar-refractivity contribution is -0.118. The SMILES string of the molecule is CCN1C(=O)CCc2cc(NC(C#N)=C(C#N)C#N)ccc21. The Bertz CT molecular complexity index is 757. The van der Waals surface area contributed by atoms with E-state index in [1.54, 1.807) is 23.1 Å². The molecule has 6 heteroatoms. The zero-order chi connectivity index (χ0) is 16.1. The first-order valence-electron chi connectivity index (χ1n) is 6.79. The number of carbonyl (C=O) groups is 1. The molecule has 2 rings (SSSR count). The first kappa shape index (κ1) is 15.1. The van der Waals surface area contributed by atoms with Crippen LogP contribution in [0.5, 0.6) is 0 Å². The van der Waals surface area contributed by atoms with Crippen LogP contribution in [-0.2, 0) is 11.2 Å². The van der Waals surface area contributed by atoms with Gasteiger partial charge < -0.3 is 10.2 Å². The van der Waals surface area contributed by atoms with Gasteiger partial charge in [0.25, 0.3) is 0 Å². The highest BCUT2D eigenvalue weighted by Gasteiger charge is 2.22. The van der Waals surface area contributed by atoms with Crippen LogP contribution < -0.4 is 10.2 Å². The van der Waals surface area contributed by atoms with Crippen molar-refractivity contribution in [3.63, 3.8) is 0 Å². The maximum atomic E-state index is 11.9. The minimum atomic E-state index is -0.259. The van der Waals surface area contributed by atoms with Crippen molar-refractivity contribution in [2.45, 2.75) is 19.8 Å². The van der Waals surface area contributed by atoms with Gasteiger partial charge in [0, 0.05) is 24.3 Å². The maximum absolute atomic E-state index is 11.9. The van der Waals surface area contributed by atoms with Crippen LogP contribution in [0.4, 0.5) is 11.4 Å². The molecule has 0 saturated carbocycles.